The van der Waals surface area contributed by atoms with Gasteiger partial charge in [-0.1, -0.05) is 27.3 Å². The summed E-state index contributed by atoms with van der Waals surface area (Å²) in [5, 5.41) is 7.93. The number of rotatable bonds is 1. The van der Waals surface area contributed by atoms with Gasteiger partial charge in [0.15, 0.2) is 3.92 Å². The Kier molecular flexibility index (Phi) is 3.55. The Morgan fingerprint density at radius 3 is 2.35 bits per heavy atom. The van der Waals surface area contributed by atoms with Gasteiger partial charge in [-0.2, -0.15) is 13.2 Å². The van der Waals surface area contributed by atoms with E-state index >= 15 is 0 Å². The van der Waals surface area contributed by atoms with E-state index in [1.807, 2.05) is 0 Å². The molecule has 17 heavy (non-hydrogen) atoms. The summed E-state index contributed by atoms with van der Waals surface area (Å²) < 4.78 is 38.8. The largest absolute Gasteiger partial charge is 0.416 e. The van der Waals surface area contributed by atoms with E-state index in [9.17, 15) is 13.2 Å². The third-order valence-electron chi connectivity index (χ3n) is 1.92. The molecule has 2 rings (SSSR count). The Labute approximate surface area is 115 Å². The van der Waals surface area contributed by atoms with Gasteiger partial charge < -0.3 is 0 Å². The van der Waals surface area contributed by atoms with Crippen molar-refractivity contribution in [3.8, 4) is 10.6 Å². The van der Waals surface area contributed by atoms with Crippen LogP contribution in [0.3, 0.4) is 0 Å². The molecule has 1 heterocycles. The number of aromatic nitrogens is 2. The van der Waals surface area contributed by atoms with Crippen LogP contribution in [0.1, 0.15) is 5.56 Å². The highest BCUT2D eigenvalue weighted by Gasteiger charge is 2.31. The van der Waals surface area contributed by atoms with E-state index in [0.29, 0.717) is 19.0 Å². The summed E-state index contributed by atoms with van der Waals surface area (Å²) in [6.07, 6.45) is -4.36. The van der Waals surface area contributed by atoms with Crippen molar-refractivity contribution in [1.82, 2.24) is 10.2 Å². The zero-order valence-corrected chi connectivity index (χ0v) is 11.9. The standard InChI is InChI=1S/C9H3Br2F3N2S/c10-6-2-1-4(9(12,13)14)3-5(6)7-15-16-8(11)17-7/h1-3H. The lowest BCUT2D eigenvalue weighted by molar-refractivity contribution is -0.137. The summed E-state index contributed by atoms with van der Waals surface area (Å²) >= 11 is 7.49. The van der Waals surface area contributed by atoms with E-state index in [-0.39, 0.29) is 0 Å². The summed E-state index contributed by atoms with van der Waals surface area (Å²) in [6.45, 7) is 0. The maximum atomic E-state index is 12.6. The van der Waals surface area contributed by atoms with Crippen LogP contribution in [0, 0.1) is 0 Å². The second-order valence-corrected chi connectivity index (χ2v) is 6.16. The molecule has 0 unspecified atom stereocenters. The quantitative estimate of drug-likeness (QED) is 0.705. The molecule has 0 bridgehead atoms. The average Bonchev–Trinajstić information content (AvgIpc) is 2.63. The summed E-state index contributed by atoms with van der Waals surface area (Å²) in [7, 11) is 0. The Morgan fingerprint density at radius 2 is 1.82 bits per heavy atom. The van der Waals surface area contributed by atoms with Gasteiger partial charge in [-0.3, -0.25) is 0 Å². The van der Waals surface area contributed by atoms with Crippen LogP contribution < -0.4 is 0 Å². The van der Waals surface area contributed by atoms with Gasteiger partial charge in [-0.05, 0) is 34.1 Å². The van der Waals surface area contributed by atoms with Crippen molar-refractivity contribution in [1.29, 1.82) is 0 Å². The van der Waals surface area contributed by atoms with Crippen molar-refractivity contribution in [3.63, 3.8) is 0 Å². The highest BCUT2D eigenvalue weighted by Crippen LogP contribution is 2.37. The number of alkyl halides is 3. The molecular formula is C9H3Br2F3N2S. The summed E-state index contributed by atoms with van der Waals surface area (Å²) in [4.78, 5) is 0. The smallest absolute Gasteiger partial charge is 0.166 e. The van der Waals surface area contributed by atoms with E-state index in [4.69, 9.17) is 0 Å². The lowest BCUT2D eigenvalue weighted by Crippen LogP contribution is -2.04. The van der Waals surface area contributed by atoms with Crippen molar-refractivity contribution in [2.45, 2.75) is 6.18 Å². The zero-order chi connectivity index (χ0) is 12.6. The van der Waals surface area contributed by atoms with Crippen LogP contribution in [-0.4, -0.2) is 10.2 Å². The Balaban J connectivity index is 2.54. The first kappa shape index (κ1) is 13.0. The number of nitrogens with zero attached hydrogens (tertiary/aromatic N) is 2. The van der Waals surface area contributed by atoms with Crippen LogP contribution in [0.25, 0.3) is 10.6 Å². The normalized spacial score (nSPS) is 11.8. The Bertz CT molecular complexity index is 553. The molecule has 0 radical (unpaired) electrons. The van der Waals surface area contributed by atoms with Crippen molar-refractivity contribution >= 4 is 43.2 Å². The molecular weight excluding hydrogens is 385 g/mol. The Hall–Kier alpha value is -0.470. The van der Waals surface area contributed by atoms with Crippen LogP contribution >= 0.6 is 43.2 Å². The lowest BCUT2D eigenvalue weighted by atomic mass is 10.1. The van der Waals surface area contributed by atoms with Gasteiger partial charge >= 0.3 is 6.18 Å². The highest BCUT2D eigenvalue weighted by atomic mass is 79.9. The first-order valence-electron chi connectivity index (χ1n) is 4.24. The molecule has 90 valence electrons. The molecule has 0 N–H and O–H groups in total. The van der Waals surface area contributed by atoms with Crippen LogP contribution in [0.4, 0.5) is 13.2 Å². The minimum Gasteiger partial charge on any atom is -0.166 e. The molecule has 0 aliphatic carbocycles. The molecule has 0 spiro atoms. The minimum absolute atomic E-state index is 0.378. The lowest BCUT2D eigenvalue weighted by Gasteiger charge is -2.08. The first-order chi connectivity index (χ1) is 7.88. The fraction of sp³-hybridized carbons (Fsp3) is 0.111. The Morgan fingerprint density at radius 1 is 1.12 bits per heavy atom. The number of hydrogen-bond acceptors (Lipinski definition) is 3. The van der Waals surface area contributed by atoms with E-state index in [2.05, 4.69) is 42.1 Å². The number of halogens is 5. The fourth-order valence-corrected chi connectivity index (χ4v) is 2.89. The third kappa shape index (κ3) is 2.86. The molecule has 0 aliphatic heterocycles. The van der Waals surface area contributed by atoms with Gasteiger partial charge in [0.25, 0.3) is 0 Å². The zero-order valence-electron chi connectivity index (χ0n) is 7.92. The molecule has 0 fully saturated rings. The second-order valence-electron chi connectivity index (χ2n) is 3.05. The highest BCUT2D eigenvalue weighted by molar-refractivity contribution is 9.11. The summed E-state index contributed by atoms with van der Waals surface area (Å²) in [5.41, 5.74) is -0.329. The molecule has 0 saturated heterocycles. The third-order valence-corrected chi connectivity index (χ3v) is 4.01. The molecule has 0 amide bonds. The molecule has 0 atom stereocenters. The minimum atomic E-state index is -4.36. The molecule has 1 aromatic heterocycles. The van der Waals surface area contributed by atoms with Gasteiger partial charge in [-0.15, -0.1) is 10.2 Å². The van der Waals surface area contributed by atoms with Gasteiger partial charge in [0.2, 0.25) is 0 Å². The van der Waals surface area contributed by atoms with Crippen molar-refractivity contribution < 1.29 is 13.2 Å². The topological polar surface area (TPSA) is 25.8 Å². The fourth-order valence-electron chi connectivity index (χ4n) is 1.18. The van der Waals surface area contributed by atoms with Crippen LogP contribution in [-0.2, 0) is 6.18 Å². The van der Waals surface area contributed by atoms with Crippen molar-refractivity contribution in [3.05, 3.63) is 32.2 Å². The molecule has 1 aromatic carbocycles. The van der Waals surface area contributed by atoms with E-state index in [1.165, 1.54) is 17.4 Å². The molecule has 0 saturated carbocycles. The predicted molar refractivity (Wildman–Crippen MR) is 65.7 cm³/mol. The molecule has 2 aromatic rings. The van der Waals surface area contributed by atoms with Gasteiger partial charge in [-0.25, -0.2) is 0 Å². The second kappa shape index (κ2) is 4.66. The summed E-state index contributed by atoms with van der Waals surface area (Å²) in [6, 6.07) is 3.42. The monoisotopic (exact) mass is 386 g/mol. The summed E-state index contributed by atoms with van der Waals surface area (Å²) in [5.74, 6) is 0. The van der Waals surface area contributed by atoms with E-state index in [0.717, 1.165) is 12.1 Å². The average molecular weight is 388 g/mol. The van der Waals surface area contributed by atoms with Gasteiger partial charge in [0, 0.05) is 10.0 Å². The van der Waals surface area contributed by atoms with E-state index in [1.54, 1.807) is 0 Å². The first-order valence-corrected chi connectivity index (χ1v) is 6.64. The van der Waals surface area contributed by atoms with Gasteiger partial charge in [0.05, 0.1) is 5.56 Å². The molecule has 0 aliphatic rings. The maximum absolute atomic E-state index is 12.6. The van der Waals surface area contributed by atoms with Crippen LogP contribution in [0.15, 0.2) is 26.6 Å². The molecule has 2 nitrogen and oxygen atoms in total. The number of benzene rings is 1. The van der Waals surface area contributed by atoms with Crippen molar-refractivity contribution in [2.24, 2.45) is 0 Å². The van der Waals surface area contributed by atoms with Crippen LogP contribution in [0.5, 0.6) is 0 Å². The number of hydrogen-bond donors (Lipinski definition) is 0. The predicted octanol–water partition coefficient (Wildman–Crippen LogP) is 4.75. The molecule has 8 heteroatoms. The van der Waals surface area contributed by atoms with Crippen molar-refractivity contribution in [2.75, 3.05) is 0 Å². The van der Waals surface area contributed by atoms with Crippen LogP contribution in [0.2, 0.25) is 0 Å². The van der Waals surface area contributed by atoms with E-state index < -0.39 is 11.7 Å². The van der Waals surface area contributed by atoms with Gasteiger partial charge in [0.1, 0.15) is 5.01 Å². The SMILES string of the molecule is FC(F)(F)c1ccc(Br)c(-c2nnc(Br)s2)c1. The maximum Gasteiger partial charge on any atom is 0.416 e.